The van der Waals surface area contributed by atoms with Crippen molar-refractivity contribution in [3.05, 3.63) is 0 Å². The first-order chi connectivity index (χ1) is 6.92. The van der Waals surface area contributed by atoms with E-state index in [4.69, 9.17) is 0 Å². The first-order valence-electron chi connectivity index (χ1n) is 6.26. The highest BCUT2D eigenvalue weighted by molar-refractivity contribution is 4.87. The van der Waals surface area contributed by atoms with E-state index in [1.54, 1.807) is 0 Å². The molecule has 2 fully saturated rings. The highest BCUT2D eigenvalue weighted by Gasteiger charge is 2.31. The van der Waals surface area contributed by atoms with E-state index in [0.29, 0.717) is 18.6 Å². The number of rotatable bonds is 2. The smallest absolute Gasteiger partial charge is 0.0474 e. The first kappa shape index (κ1) is 10.4. The van der Waals surface area contributed by atoms with Crippen LogP contribution in [0.2, 0.25) is 0 Å². The van der Waals surface area contributed by atoms with E-state index >= 15 is 0 Å². The Morgan fingerprint density at radius 3 is 2.50 bits per heavy atom. The van der Waals surface area contributed by atoms with Crippen LogP contribution in [0.15, 0.2) is 0 Å². The van der Waals surface area contributed by atoms with Gasteiger partial charge >= 0.3 is 0 Å². The van der Waals surface area contributed by atoms with Gasteiger partial charge in [0.1, 0.15) is 0 Å². The van der Waals surface area contributed by atoms with Crippen LogP contribution in [-0.4, -0.2) is 24.3 Å². The number of nitrogens with one attached hydrogen (secondary N) is 1. The van der Waals surface area contributed by atoms with Crippen LogP contribution in [0, 0.1) is 11.8 Å². The van der Waals surface area contributed by atoms with Crippen LogP contribution < -0.4 is 5.32 Å². The van der Waals surface area contributed by atoms with Gasteiger partial charge in [-0.15, -0.1) is 0 Å². The van der Waals surface area contributed by atoms with Gasteiger partial charge in [-0.2, -0.15) is 0 Å². The van der Waals surface area contributed by atoms with Crippen molar-refractivity contribution >= 4 is 0 Å². The summed E-state index contributed by atoms with van der Waals surface area (Å²) in [6.45, 7) is 1.55. The van der Waals surface area contributed by atoms with Gasteiger partial charge in [0.2, 0.25) is 0 Å². The lowest BCUT2D eigenvalue weighted by atomic mass is 9.76. The van der Waals surface area contributed by atoms with Gasteiger partial charge in [0, 0.05) is 12.6 Å². The molecule has 2 atom stereocenters. The van der Waals surface area contributed by atoms with Gasteiger partial charge in [0.25, 0.3) is 0 Å². The number of hydrogen-bond donors (Lipinski definition) is 2. The van der Waals surface area contributed by atoms with Crippen molar-refractivity contribution in [2.45, 2.75) is 51.0 Å². The molecule has 0 amide bonds. The molecule has 0 aromatic heterocycles. The molecule has 2 unspecified atom stereocenters. The van der Waals surface area contributed by atoms with Gasteiger partial charge < -0.3 is 10.4 Å². The standard InChI is InChI=1S/C12H23NO/c14-9-11-7-4-8-13-12(11)10-5-2-1-3-6-10/h10-14H,1-9H2. The van der Waals surface area contributed by atoms with Crippen molar-refractivity contribution in [1.82, 2.24) is 5.32 Å². The summed E-state index contributed by atoms with van der Waals surface area (Å²) in [6.07, 6.45) is 9.47. The minimum atomic E-state index is 0.383. The third-order valence-electron chi connectivity index (χ3n) is 4.03. The van der Waals surface area contributed by atoms with E-state index in [2.05, 4.69) is 5.32 Å². The van der Waals surface area contributed by atoms with Crippen molar-refractivity contribution in [2.75, 3.05) is 13.2 Å². The first-order valence-corrected chi connectivity index (χ1v) is 6.26. The van der Waals surface area contributed by atoms with Crippen molar-refractivity contribution < 1.29 is 5.11 Å². The Morgan fingerprint density at radius 2 is 1.79 bits per heavy atom. The molecule has 1 heterocycles. The molecule has 0 spiro atoms. The van der Waals surface area contributed by atoms with Crippen LogP contribution in [-0.2, 0) is 0 Å². The zero-order valence-corrected chi connectivity index (χ0v) is 9.04. The van der Waals surface area contributed by atoms with E-state index in [9.17, 15) is 5.11 Å². The summed E-state index contributed by atoms with van der Waals surface area (Å²) in [5.74, 6) is 1.38. The molecule has 0 aromatic rings. The molecule has 1 aliphatic carbocycles. The van der Waals surface area contributed by atoms with Crippen molar-refractivity contribution in [2.24, 2.45) is 11.8 Å². The molecule has 14 heavy (non-hydrogen) atoms. The van der Waals surface area contributed by atoms with Crippen LogP contribution in [0.4, 0.5) is 0 Å². The molecule has 0 aromatic carbocycles. The molecule has 1 saturated carbocycles. The maximum atomic E-state index is 9.35. The van der Waals surface area contributed by atoms with Gasteiger partial charge in [-0.1, -0.05) is 19.3 Å². The second kappa shape index (κ2) is 5.13. The lowest BCUT2D eigenvalue weighted by molar-refractivity contribution is 0.111. The van der Waals surface area contributed by atoms with E-state index in [1.807, 2.05) is 0 Å². The molecule has 2 heteroatoms. The van der Waals surface area contributed by atoms with Gasteiger partial charge in [0.15, 0.2) is 0 Å². The minimum absolute atomic E-state index is 0.383. The summed E-state index contributed by atoms with van der Waals surface area (Å²) in [5.41, 5.74) is 0. The SMILES string of the molecule is OCC1CCCNC1C1CCCCC1. The second-order valence-corrected chi connectivity index (χ2v) is 4.96. The highest BCUT2D eigenvalue weighted by atomic mass is 16.3. The predicted octanol–water partition coefficient (Wildman–Crippen LogP) is 1.93. The summed E-state index contributed by atoms with van der Waals surface area (Å²) < 4.78 is 0. The molecule has 0 radical (unpaired) electrons. The van der Waals surface area contributed by atoms with Crippen molar-refractivity contribution in [1.29, 1.82) is 0 Å². The Labute approximate surface area is 87.1 Å². The van der Waals surface area contributed by atoms with Crippen molar-refractivity contribution in [3.8, 4) is 0 Å². The van der Waals surface area contributed by atoms with E-state index in [-0.39, 0.29) is 0 Å². The molecule has 1 aliphatic heterocycles. The molecule has 2 aliphatic rings. The largest absolute Gasteiger partial charge is 0.396 e. The molecule has 82 valence electrons. The number of piperidine rings is 1. The Bertz CT molecular complexity index is 166. The fraction of sp³-hybridized carbons (Fsp3) is 1.00. The molecule has 2 nitrogen and oxygen atoms in total. The van der Waals surface area contributed by atoms with Gasteiger partial charge in [-0.25, -0.2) is 0 Å². The average Bonchev–Trinajstić information content (AvgIpc) is 2.30. The fourth-order valence-corrected chi connectivity index (χ4v) is 3.23. The van der Waals surface area contributed by atoms with Crippen LogP contribution in [0.25, 0.3) is 0 Å². The van der Waals surface area contributed by atoms with Crippen LogP contribution in [0.5, 0.6) is 0 Å². The van der Waals surface area contributed by atoms with Gasteiger partial charge in [-0.3, -0.25) is 0 Å². The van der Waals surface area contributed by atoms with Crippen molar-refractivity contribution in [3.63, 3.8) is 0 Å². The lowest BCUT2D eigenvalue weighted by Gasteiger charge is -2.39. The summed E-state index contributed by atoms with van der Waals surface area (Å²) in [5, 5.41) is 13.0. The monoisotopic (exact) mass is 197 g/mol. The minimum Gasteiger partial charge on any atom is -0.396 e. The molecular formula is C12H23NO. The van der Waals surface area contributed by atoms with E-state index in [1.165, 1.54) is 44.9 Å². The second-order valence-electron chi connectivity index (χ2n) is 4.96. The zero-order valence-electron chi connectivity index (χ0n) is 9.04. The molecule has 1 saturated heterocycles. The van der Waals surface area contributed by atoms with E-state index < -0.39 is 0 Å². The molecule has 2 rings (SSSR count). The Kier molecular flexibility index (Phi) is 3.82. The summed E-state index contributed by atoms with van der Waals surface area (Å²) in [7, 11) is 0. The molecule has 0 bridgehead atoms. The maximum absolute atomic E-state index is 9.35. The van der Waals surface area contributed by atoms with Gasteiger partial charge in [-0.05, 0) is 44.1 Å². The lowest BCUT2D eigenvalue weighted by Crippen LogP contribution is -2.48. The molecular weight excluding hydrogens is 174 g/mol. The molecule has 2 N–H and O–H groups in total. The van der Waals surface area contributed by atoms with Crippen LogP contribution >= 0.6 is 0 Å². The number of aliphatic hydroxyl groups excluding tert-OH is 1. The topological polar surface area (TPSA) is 32.3 Å². The summed E-state index contributed by atoms with van der Waals surface area (Å²) in [6, 6.07) is 0.619. The van der Waals surface area contributed by atoms with Crippen LogP contribution in [0.1, 0.15) is 44.9 Å². The fourth-order valence-electron chi connectivity index (χ4n) is 3.23. The summed E-state index contributed by atoms with van der Waals surface area (Å²) in [4.78, 5) is 0. The quantitative estimate of drug-likeness (QED) is 0.709. The third-order valence-corrected chi connectivity index (χ3v) is 4.03. The van der Waals surface area contributed by atoms with Gasteiger partial charge in [0.05, 0.1) is 0 Å². The number of aliphatic hydroxyl groups is 1. The Hall–Kier alpha value is -0.0800. The Morgan fingerprint density at radius 1 is 1.00 bits per heavy atom. The number of hydrogen-bond acceptors (Lipinski definition) is 2. The zero-order chi connectivity index (χ0) is 9.80. The normalized spacial score (nSPS) is 35.8. The Balaban J connectivity index is 1.91. The van der Waals surface area contributed by atoms with E-state index in [0.717, 1.165) is 12.5 Å². The van der Waals surface area contributed by atoms with Crippen LogP contribution in [0.3, 0.4) is 0 Å². The predicted molar refractivity (Wildman–Crippen MR) is 58.2 cm³/mol. The third kappa shape index (κ3) is 2.29. The highest BCUT2D eigenvalue weighted by Crippen LogP contribution is 2.32. The maximum Gasteiger partial charge on any atom is 0.0474 e. The summed E-state index contributed by atoms with van der Waals surface area (Å²) >= 11 is 0. The average molecular weight is 197 g/mol.